The lowest BCUT2D eigenvalue weighted by Crippen LogP contribution is -2.33. The summed E-state index contributed by atoms with van der Waals surface area (Å²) in [5.74, 6) is -0.348. The third kappa shape index (κ3) is 1.99. The summed E-state index contributed by atoms with van der Waals surface area (Å²) < 4.78 is 6.64. The molecule has 1 aromatic heterocycles. The van der Waals surface area contributed by atoms with Crippen LogP contribution in [0.25, 0.3) is 11.1 Å². The van der Waals surface area contributed by atoms with E-state index in [2.05, 4.69) is 5.32 Å². The molecular formula is C12H17N3O2. The lowest BCUT2D eigenvalue weighted by Gasteiger charge is -2.20. The Morgan fingerprint density at radius 3 is 2.76 bits per heavy atom. The average Bonchev–Trinajstić information content (AvgIpc) is 2.55. The molecule has 92 valence electrons. The number of likely N-dealkylation sites (N-methyl/N-ethyl adjacent to an activating group) is 1. The molecular weight excluding hydrogens is 218 g/mol. The molecule has 0 bridgehead atoms. The van der Waals surface area contributed by atoms with Gasteiger partial charge in [0.25, 0.3) is 0 Å². The number of hydrogen-bond acceptors (Lipinski definition) is 4. The fraction of sp³-hybridized carbons (Fsp3) is 0.417. The summed E-state index contributed by atoms with van der Waals surface area (Å²) in [5.41, 5.74) is 8.30. The Kier molecular flexibility index (Phi) is 3.04. The first-order valence-corrected chi connectivity index (χ1v) is 5.57. The zero-order valence-electron chi connectivity index (χ0n) is 10.2. The van der Waals surface area contributed by atoms with Crippen molar-refractivity contribution in [3.05, 3.63) is 34.3 Å². The van der Waals surface area contributed by atoms with Gasteiger partial charge in [-0.05, 0) is 31.7 Å². The van der Waals surface area contributed by atoms with Crippen LogP contribution in [0.5, 0.6) is 0 Å². The van der Waals surface area contributed by atoms with Gasteiger partial charge in [0, 0.05) is 19.1 Å². The minimum Gasteiger partial charge on any atom is -0.408 e. The summed E-state index contributed by atoms with van der Waals surface area (Å²) in [6.45, 7) is 1.94. The first-order valence-electron chi connectivity index (χ1n) is 5.57. The standard InChI is InChI=1S/C12H17N3O2/c1-7(13)11(14-2)8-4-5-9-10(6-8)17-12(16)15(9)3/h4-7,11,14H,13H2,1-3H3. The van der Waals surface area contributed by atoms with Crippen molar-refractivity contribution in [1.29, 1.82) is 0 Å². The first kappa shape index (κ1) is 11.9. The number of nitrogens with one attached hydrogen (secondary N) is 1. The van der Waals surface area contributed by atoms with E-state index < -0.39 is 0 Å². The predicted molar refractivity (Wildman–Crippen MR) is 66.9 cm³/mol. The highest BCUT2D eigenvalue weighted by atomic mass is 16.4. The van der Waals surface area contributed by atoms with Crippen LogP contribution in [0.15, 0.2) is 27.4 Å². The Bertz CT molecular complexity index is 583. The monoisotopic (exact) mass is 235 g/mol. The highest BCUT2D eigenvalue weighted by molar-refractivity contribution is 5.73. The minimum absolute atomic E-state index is 0.0205. The van der Waals surface area contributed by atoms with E-state index in [0.717, 1.165) is 11.1 Å². The average molecular weight is 235 g/mol. The van der Waals surface area contributed by atoms with Gasteiger partial charge in [-0.25, -0.2) is 4.79 Å². The Morgan fingerprint density at radius 2 is 2.18 bits per heavy atom. The summed E-state index contributed by atoms with van der Waals surface area (Å²) in [6, 6.07) is 5.73. The minimum atomic E-state index is -0.348. The van der Waals surface area contributed by atoms with Crippen molar-refractivity contribution in [3.8, 4) is 0 Å². The number of aryl methyl sites for hydroxylation is 1. The van der Waals surface area contributed by atoms with E-state index >= 15 is 0 Å². The van der Waals surface area contributed by atoms with Crippen molar-refractivity contribution in [1.82, 2.24) is 9.88 Å². The lowest BCUT2D eigenvalue weighted by atomic mass is 10.0. The third-order valence-corrected chi connectivity index (χ3v) is 3.01. The maximum atomic E-state index is 11.4. The largest absolute Gasteiger partial charge is 0.419 e. The fourth-order valence-corrected chi connectivity index (χ4v) is 2.08. The third-order valence-electron chi connectivity index (χ3n) is 3.01. The highest BCUT2D eigenvalue weighted by Crippen LogP contribution is 2.20. The van der Waals surface area contributed by atoms with Gasteiger partial charge in [-0.1, -0.05) is 6.07 Å². The molecule has 17 heavy (non-hydrogen) atoms. The molecule has 2 unspecified atom stereocenters. The van der Waals surface area contributed by atoms with E-state index in [0.29, 0.717) is 5.58 Å². The molecule has 2 rings (SSSR count). The molecule has 2 atom stereocenters. The summed E-state index contributed by atoms with van der Waals surface area (Å²) in [7, 11) is 3.55. The van der Waals surface area contributed by atoms with Gasteiger partial charge in [0.2, 0.25) is 0 Å². The van der Waals surface area contributed by atoms with Crippen molar-refractivity contribution in [2.75, 3.05) is 7.05 Å². The van der Waals surface area contributed by atoms with E-state index in [1.54, 1.807) is 7.05 Å². The predicted octanol–water partition coefficient (Wildman–Crippen LogP) is 0.739. The van der Waals surface area contributed by atoms with Crippen LogP contribution in [0.3, 0.4) is 0 Å². The van der Waals surface area contributed by atoms with Crippen LogP contribution >= 0.6 is 0 Å². The van der Waals surface area contributed by atoms with Gasteiger partial charge in [-0.2, -0.15) is 0 Å². The van der Waals surface area contributed by atoms with Crippen LogP contribution in [0.2, 0.25) is 0 Å². The number of rotatable bonds is 3. The van der Waals surface area contributed by atoms with Crippen molar-refractivity contribution in [2.45, 2.75) is 19.0 Å². The Labute approximate surface area is 99.2 Å². The summed E-state index contributed by atoms with van der Waals surface area (Å²) in [6.07, 6.45) is 0. The van der Waals surface area contributed by atoms with E-state index in [9.17, 15) is 4.79 Å². The molecule has 3 N–H and O–H groups in total. The van der Waals surface area contributed by atoms with E-state index in [4.69, 9.17) is 10.2 Å². The number of oxazole rings is 1. The molecule has 0 fully saturated rings. The van der Waals surface area contributed by atoms with E-state index in [1.165, 1.54) is 4.57 Å². The number of benzene rings is 1. The van der Waals surface area contributed by atoms with Gasteiger partial charge >= 0.3 is 5.76 Å². The number of fused-ring (bicyclic) bond motifs is 1. The molecule has 1 heterocycles. The maximum absolute atomic E-state index is 11.4. The van der Waals surface area contributed by atoms with Crippen LogP contribution < -0.4 is 16.8 Å². The molecule has 0 saturated heterocycles. The van der Waals surface area contributed by atoms with Crippen LogP contribution in [0.1, 0.15) is 18.5 Å². The summed E-state index contributed by atoms with van der Waals surface area (Å²) in [4.78, 5) is 11.4. The highest BCUT2D eigenvalue weighted by Gasteiger charge is 2.15. The van der Waals surface area contributed by atoms with E-state index in [1.807, 2.05) is 32.2 Å². The summed E-state index contributed by atoms with van der Waals surface area (Å²) in [5, 5.41) is 3.15. The van der Waals surface area contributed by atoms with Crippen LogP contribution in [-0.2, 0) is 7.05 Å². The van der Waals surface area contributed by atoms with Gasteiger partial charge in [0.15, 0.2) is 5.58 Å². The van der Waals surface area contributed by atoms with Gasteiger partial charge in [0.1, 0.15) is 0 Å². The fourth-order valence-electron chi connectivity index (χ4n) is 2.08. The number of hydrogen-bond donors (Lipinski definition) is 2. The first-order chi connectivity index (χ1) is 8.04. The molecule has 0 amide bonds. The second-order valence-electron chi connectivity index (χ2n) is 4.28. The van der Waals surface area contributed by atoms with Crippen molar-refractivity contribution in [2.24, 2.45) is 12.8 Å². The molecule has 0 aliphatic rings. The quantitative estimate of drug-likeness (QED) is 0.823. The van der Waals surface area contributed by atoms with Gasteiger partial charge in [-0.15, -0.1) is 0 Å². The zero-order chi connectivity index (χ0) is 12.6. The van der Waals surface area contributed by atoms with Crippen molar-refractivity contribution in [3.63, 3.8) is 0 Å². The number of aromatic nitrogens is 1. The smallest absolute Gasteiger partial charge is 0.408 e. The lowest BCUT2D eigenvalue weighted by molar-refractivity contribution is 0.501. The van der Waals surface area contributed by atoms with Gasteiger partial charge in [-0.3, -0.25) is 4.57 Å². The van der Waals surface area contributed by atoms with E-state index in [-0.39, 0.29) is 17.8 Å². The molecule has 2 aromatic rings. The van der Waals surface area contributed by atoms with Crippen LogP contribution in [0.4, 0.5) is 0 Å². The molecule has 5 heteroatoms. The molecule has 0 saturated carbocycles. The second kappa shape index (κ2) is 4.35. The van der Waals surface area contributed by atoms with Crippen molar-refractivity contribution < 1.29 is 4.42 Å². The van der Waals surface area contributed by atoms with Gasteiger partial charge < -0.3 is 15.5 Å². The SMILES string of the molecule is CNC(c1ccc2c(c1)oc(=O)n2C)C(C)N. The Balaban J connectivity index is 2.54. The second-order valence-corrected chi connectivity index (χ2v) is 4.28. The van der Waals surface area contributed by atoms with Crippen LogP contribution in [-0.4, -0.2) is 17.7 Å². The topological polar surface area (TPSA) is 73.2 Å². The molecule has 0 aliphatic carbocycles. The Morgan fingerprint density at radius 1 is 1.47 bits per heavy atom. The maximum Gasteiger partial charge on any atom is 0.419 e. The zero-order valence-corrected chi connectivity index (χ0v) is 10.2. The normalized spacial score (nSPS) is 15.1. The molecule has 0 spiro atoms. The molecule has 0 aliphatic heterocycles. The van der Waals surface area contributed by atoms with Gasteiger partial charge in [0.05, 0.1) is 5.52 Å². The molecule has 0 radical (unpaired) electrons. The molecule has 5 nitrogen and oxygen atoms in total. The number of nitrogens with zero attached hydrogens (tertiary/aromatic N) is 1. The molecule has 1 aromatic carbocycles. The number of nitrogens with two attached hydrogens (primary N) is 1. The Hall–Kier alpha value is -1.59. The van der Waals surface area contributed by atoms with Crippen molar-refractivity contribution >= 4 is 11.1 Å². The van der Waals surface area contributed by atoms with Crippen LogP contribution in [0, 0.1) is 0 Å². The summed E-state index contributed by atoms with van der Waals surface area (Å²) >= 11 is 0.